The molecule has 0 saturated carbocycles. The van der Waals surface area contributed by atoms with E-state index in [2.05, 4.69) is 5.32 Å². The van der Waals surface area contributed by atoms with Crippen molar-refractivity contribution in [3.63, 3.8) is 0 Å². The fourth-order valence-corrected chi connectivity index (χ4v) is 1.53. The van der Waals surface area contributed by atoms with Crippen LogP contribution in [0.4, 0.5) is 0 Å². The molecular formula is C10H21NO3. The highest BCUT2D eigenvalue weighted by atomic mass is 16.5. The summed E-state index contributed by atoms with van der Waals surface area (Å²) in [6, 6.07) is -0.444. The van der Waals surface area contributed by atoms with Crippen LogP contribution in [-0.4, -0.2) is 37.4 Å². The van der Waals surface area contributed by atoms with E-state index < -0.39 is 12.0 Å². The average Bonchev–Trinajstić information content (AvgIpc) is 2.17. The molecule has 84 valence electrons. The van der Waals surface area contributed by atoms with Crippen molar-refractivity contribution in [1.29, 1.82) is 0 Å². The van der Waals surface area contributed by atoms with Crippen molar-refractivity contribution in [2.45, 2.75) is 32.7 Å². The smallest absolute Gasteiger partial charge is 0.320 e. The van der Waals surface area contributed by atoms with Crippen LogP contribution in [0.3, 0.4) is 0 Å². The molecule has 0 fully saturated rings. The lowest BCUT2D eigenvalue weighted by Gasteiger charge is -2.22. The van der Waals surface area contributed by atoms with Crippen molar-refractivity contribution in [1.82, 2.24) is 5.32 Å². The first-order valence-electron chi connectivity index (χ1n) is 5.12. The van der Waals surface area contributed by atoms with Crippen molar-refractivity contribution >= 4 is 5.97 Å². The van der Waals surface area contributed by atoms with E-state index in [4.69, 9.17) is 9.84 Å². The van der Waals surface area contributed by atoms with Crippen LogP contribution in [0.2, 0.25) is 0 Å². The third-order valence-electron chi connectivity index (χ3n) is 2.46. The molecule has 14 heavy (non-hydrogen) atoms. The Bertz CT molecular complexity index is 157. The van der Waals surface area contributed by atoms with Gasteiger partial charge in [-0.2, -0.15) is 0 Å². The van der Waals surface area contributed by atoms with E-state index in [0.29, 0.717) is 13.2 Å². The fraction of sp³-hybridized carbons (Fsp3) is 0.900. The molecule has 0 aliphatic carbocycles. The van der Waals surface area contributed by atoms with Gasteiger partial charge in [-0.25, -0.2) is 0 Å². The van der Waals surface area contributed by atoms with Crippen molar-refractivity contribution < 1.29 is 14.6 Å². The Morgan fingerprint density at radius 2 is 2.00 bits per heavy atom. The second-order valence-electron chi connectivity index (χ2n) is 3.34. The van der Waals surface area contributed by atoms with E-state index >= 15 is 0 Å². The van der Waals surface area contributed by atoms with E-state index in [1.807, 2.05) is 13.8 Å². The van der Waals surface area contributed by atoms with Crippen molar-refractivity contribution in [3.8, 4) is 0 Å². The Hall–Kier alpha value is -0.610. The normalized spacial score (nSPS) is 13.1. The second kappa shape index (κ2) is 7.76. The molecule has 1 unspecified atom stereocenters. The van der Waals surface area contributed by atoms with Gasteiger partial charge < -0.3 is 15.2 Å². The number of ether oxygens (including phenoxy) is 1. The van der Waals surface area contributed by atoms with E-state index in [1.165, 1.54) is 0 Å². The van der Waals surface area contributed by atoms with Crippen LogP contribution in [0.25, 0.3) is 0 Å². The Balaban J connectivity index is 4.06. The standard InChI is InChI=1S/C10H21NO3/c1-4-8(5-2)9(10(12)13)11-6-7-14-3/h8-9,11H,4-7H2,1-3H3,(H,12,13). The minimum Gasteiger partial charge on any atom is -0.480 e. The highest BCUT2D eigenvalue weighted by Gasteiger charge is 2.24. The molecule has 0 bridgehead atoms. The number of hydrogen-bond donors (Lipinski definition) is 2. The summed E-state index contributed by atoms with van der Waals surface area (Å²) >= 11 is 0. The molecule has 4 nitrogen and oxygen atoms in total. The van der Waals surface area contributed by atoms with Crippen LogP contribution in [0.15, 0.2) is 0 Å². The summed E-state index contributed by atoms with van der Waals surface area (Å²) in [6.45, 7) is 5.16. The maximum Gasteiger partial charge on any atom is 0.320 e. The molecule has 4 heteroatoms. The van der Waals surface area contributed by atoms with Crippen LogP contribution in [-0.2, 0) is 9.53 Å². The summed E-state index contributed by atoms with van der Waals surface area (Å²) in [5, 5.41) is 12.0. The van der Waals surface area contributed by atoms with Gasteiger partial charge in [-0.3, -0.25) is 4.79 Å². The molecule has 0 aromatic rings. The van der Waals surface area contributed by atoms with Crippen LogP contribution in [0.1, 0.15) is 26.7 Å². The third-order valence-corrected chi connectivity index (χ3v) is 2.46. The van der Waals surface area contributed by atoms with E-state index in [9.17, 15) is 4.79 Å². The predicted molar refractivity (Wildman–Crippen MR) is 55.4 cm³/mol. The van der Waals surface area contributed by atoms with Crippen molar-refractivity contribution in [2.75, 3.05) is 20.3 Å². The molecule has 1 atom stereocenters. The Kier molecular flexibility index (Phi) is 7.42. The zero-order valence-corrected chi connectivity index (χ0v) is 9.25. The highest BCUT2D eigenvalue weighted by Crippen LogP contribution is 2.13. The fourth-order valence-electron chi connectivity index (χ4n) is 1.53. The van der Waals surface area contributed by atoms with E-state index in [0.717, 1.165) is 12.8 Å². The van der Waals surface area contributed by atoms with Gasteiger partial charge in [-0.05, 0) is 5.92 Å². The summed E-state index contributed by atoms with van der Waals surface area (Å²) in [7, 11) is 1.61. The Morgan fingerprint density at radius 1 is 1.43 bits per heavy atom. The first-order chi connectivity index (χ1) is 6.67. The monoisotopic (exact) mass is 203 g/mol. The molecule has 0 aliphatic heterocycles. The highest BCUT2D eigenvalue weighted by molar-refractivity contribution is 5.73. The summed E-state index contributed by atoms with van der Waals surface area (Å²) in [5.74, 6) is -0.570. The molecule has 0 saturated heterocycles. The van der Waals surface area contributed by atoms with Crippen LogP contribution < -0.4 is 5.32 Å². The zero-order chi connectivity index (χ0) is 11.0. The molecule has 0 spiro atoms. The quantitative estimate of drug-likeness (QED) is 0.580. The molecular weight excluding hydrogens is 182 g/mol. The third kappa shape index (κ3) is 4.58. The van der Waals surface area contributed by atoms with Gasteiger partial charge in [0.15, 0.2) is 0 Å². The van der Waals surface area contributed by atoms with Crippen molar-refractivity contribution in [3.05, 3.63) is 0 Å². The Morgan fingerprint density at radius 3 is 2.36 bits per heavy atom. The number of carboxylic acid groups (broad SMARTS) is 1. The maximum absolute atomic E-state index is 10.9. The lowest BCUT2D eigenvalue weighted by molar-refractivity contribution is -0.141. The molecule has 0 aliphatic rings. The van der Waals surface area contributed by atoms with Gasteiger partial charge in [0.2, 0.25) is 0 Å². The number of carbonyl (C=O) groups is 1. The lowest BCUT2D eigenvalue weighted by Crippen LogP contribution is -2.43. The Labute approximate surface area is 85.6 Å². The van der Waals surface area contributed by atoms with E-state index in [1.54, 1.807) is 7.11 Å². The number of nitrogens with one attached hydrogen (secondary N) is 1. The van der Waals surface area contributed by atoms with Gasteiger partial charge >= 0.3 is 5.97 Å². The number of carboxylic acids is 1. The summed E-state index contributed by atoms with van der Waals surface area (Å²) < 4.78 is 4.86. The molecule has 0 amide bonds. The molecule has 0 aromatic carbocycles. The maximum atomic E-state index is 10.9. The number of rotatable bonds is 8. The van der Waals surface area contributed by atoms with Crippen LogP contribution in [0.5, 0.6) is 0 Å². The van der Waals surface area contributed by atoms with Crippen molar-refractivity contribution in [2.24, 2.45) is 5.92 Å². The number of hydrogen-bond acceptors (Lipinski definition) is 3. The zero-order valence-electron chi connectivity index (χ0n) is 9.25. The molecule has 2 N–H and O–H groups in total. The molecule has 0 aromatic heterocycles. The summed E-state index contributed by atoms with van der Waals surface area (Å²) in [4.78, 5) is 10.9. The second-order valence-corrected chi connectivity index (χ2v) is 3.34. The number of methoxy groups -OCH3 is 1. The SMILES string of the molecule is CCC(CC)C(NCCOC)C(=O)O. The van der Waals surface area contributed by atoms with Gasteiger partial charge in [-0.15, -0.1) is 0 Å². The van der Waals surface area contributed by atoms with Crippen LogP contribution in [0, 0.1) is 5.92 Å². The summed E-state index contributed by atoms with van der Waals surface area (Å²) in [5.41, 5.74) is 0. The average molecular weight is 203 g/mol. The van der Waals surface area contributed by atoms with Gasteiger partial charge in [0.05, 0.1) is 6.61 Å². The minimum atomic E-state index is -0.769. The van der Waals surface area contributed by atoms with Crippen LogP contribution >= 0.6 is 0 Å². The minimum absolute atomic E-state index is 0.198. The topological polar surface area (TPSA) is 58.6 Å². The summed E-state index contributed by atoms with van der Waals surface area (Å²) in [6.07, 6.45) is 1.76. The molecule has 0 rings (SSSR count). The van der Waals surface area contributed by atoms with E-state index in [-0.39, 0.29) is 5.92 Å². The molecule has 0 heterocycles. The number of aliphatic carboxylic acids is 1. The van der Waals surface area contributed by atoms with Gasteiger partial charge in [0.25, 0.3) is 0 Å². The molecule has 0 radical (unpaired) electrons. The first-order valence-corrected chi connectivity index (χ1v) is 5.12. The van der Waals surface area contributed by atoms with Gasteiger partial charge in [0.1, 0.15) is 6.04 Å². The first kappa shape index (κ1) is 13.4. The predicted octanol–water partition coefficient (Wildman–Crippen LogP) is 1.11. The lowest BCUT2D eigenvalue weighted by atomic mass is 9.94. The largest absolute Gasteiger partial charge is 0.480 e. The van der Waals surface area contributed by atoms with Gasteiger partial charge in [-0.1, -0.05) is 26.7 Å². The van der Waals surface area contributed by atoms with Gasteiger partial charge in [0, 0.05) is 13.7 Å².